The van der Waals surface area contributed by atoms with Gasteiger partial charge in [-0.15, -0.1) is 0 Å². The largest absolute Gasteiger partial charge is 0.508 e. The number of benzene rings is 3. The number of amides is 2. The zero-order valence-electron chi connectivity index (χ0n) is 39.1. The predicted molar refractivity (Wildman–Crippen MR) is 255 cm³/mol. The molecule has 3 aromatic heterocycles. The van der Waals surface area contributed by atoms with Gasteiger partial charge >= 0.3 is 17.8 Å². The number of aromatic hydroxyl groups is 3. The maximum atomic E-state index is 14.2. The number of rotatable bonds is 8. The molecule has 0 spiro atoms. The second-order valence-corrected chi connectivity index (χ2v) is 18.8. The molecule has 4 aliphatic heterocycles. The van der Waals surface area contributed by atoms with Gasteiger partial charge < -0.3 is 44.1 Å². The van der Waals surface area contributed by atoms with Crippen LogP contribution in [-0.4, -0.2) is 106 Å². The average Bonchev–Trinajstić information content (AvgIpc) is 3.91. The molecule has 2 fully saturated rings. The number of anilines is 1. The second-order valence-electron chi connectivity index (χ2n) is 18.8. The van der Waals surface area contributed by atoms with Crippen LogP contribution in [0, 0.1) is 5.92 Å². The van der Waals surface area contributed by atoms with Crippen LogP contribution in [0.1, 0.15) is 87.6 Å². The minimum atomic E-state index is -1.89. The van der Waals surface area contributed by atoms with Crippen LogP contribution in [0.15, 0.2) is 70.3 Å². The molecule has 6 aromatic rings. The van der Waals surface area contributed by atoms with Crippen molar-refractivity contribution in [2.45, 2.75) is 91.0 Å². The highest BCUT2D eigenvalue weighted by Crippen LogP contribution is 2.43. The van der Waals surface area contributed by atoms with Gasteiger partial charge in [0.25, 0.3) is 5.56 Å². The Kier molecular flexibility index (Phi) is 11.2. The van der Waals surface area contributed by atoms with Gasteiger partial charge in [0.05, 0.1) is 40.3 Å². The van der Waals surface area contributed by atoms with Crippen LogP contribution in [0.3, 0.4) is 0 Å². The summed E-state index contributed by atoms with van der Waals surface area (Å²) in [6.07, 6.45) is 1.14. The van der Waals surface area contributed by atoms with Crippen molar-refractivity contribution in [2.75, 3.05) is 37.6 Å². The average molecular weight is 939 g/mol. The fraction of sp³-hybridized carbons (Fsp3) is 0.392. The third-order valence-electron chi connectivity index (χ3n) is 14.5. The molecule has 2 unspecified atom stereocenters. The molecule has 2 saturated heterocycles. The van der Waals surface area contributed by atoms with Gasteiger partial charge in [0.1, 0.15) is 23.9 Å². The van der Waals surface area contributed by atoms with Gasteiger partial charge in [-0.3, -0.25) is 9.59 Å². The van der Waals surface area contributed by atoms with Crippen LogP contribution >= 0.6 is 0 Å². The van der Waals surface area contributed by atoms with Crippen molar-refractivity contribution in [3.05, 3.63) is 109 Å². The SMILES string of the molecule is CCc1c2c(nc3ccc(O)cc13)-c1cc3c(c(=O)n1C2)COC(=O)C3(CC)OC(=O)N1CCN(C(=O)C2CCN(c3ccc(-n4c(-c5cc(C(C)C)c(O)cc5O)n[nH]c4=O)cc3)CC2)CC1C. The summed E-state index contributed by atoms with van der Waals surface area (Å²) in [5.74, 6) is -0.923. The molecule has 69 heavy (non-hydrogen) atoms. The Balaban J connectivity index is 0.800. The van der Waals surface area contributed by atoms with Crippen LogP contribution in [-0.2, 0) is 44.2 Å². The van der Waals surface area contributed by atoms with Crippen LogP contribution in [0.4, 0.5) is 10.5 Å². The highest BCUT2D eigenvalue weighted by atomic mass is 16.6. The van der Waals surface area contributed by atoms with E-state index in [0.717, 1.165) is 22.2 Å². The summed E-state index contributed by atoms with van der Waals surface area (Å²) in [6.45, 7) is 11.4. The summed E-state index contributed by atoms with van der Waals surface area (Å²) in [4.78, 5) is 79.7. The molecule has 2 atom stereocenters. The lowest BCUT2D eigenvalue weighted by Gasteiger charge is -2.43. The van der Waals surface area contributed by atoms with E-state index in [9.17, 15) is 39.3 Å². The predicted octanol–water partition coefficient (Wildman–Crippen LogP) is 6.02. The Morgan fingerprint density at radius 2 is 1.65 bits per heavy atom. The number of pyridine rings is 2. The molecule has 0 radical (unpaired) electrons. The van der Waals surface area contributed by atoms with E-state index in [2.05, 4.69) is 15.1 Å². The first kappa shape index (κ1) is 45.2. The lowest BCUT2D eigenvalue weighted by molar-refractivity contribution is -0.174. The summed E-state index contributed by atoms with van der Waals surface area (Å²) >= 11 is 0. The molecule has 3 aromatic carbocycles. The number of phenolic OH excluding ortho intramolecular Hbond substituents is 3. The number of fused-ring (bicyclic) bond motifs is 5. The molecule has 7 heterocycles. The number of piperidine rings is 1. The number of ether oxygens (including phenoxy) is 2. The summed E-state index contributed by atoms with van der Waals surface area (Å²) in [7, 11) is 0. The van der Waals surface area contributed by atoms with Crippen LogP contribution in [0.5, 0.6) is 17.2 Å². The number of nitrogens with one attached hydrogen (secondary N) is 1. The number of cyclic esters (lactones) is 1. The van der Waals surface area contributed by atoms with Crippen molar-refractivity contribution in [1.82, 2.24) is 34.1 Å². The number of hydrogen-bond acceptors (Lipinski definition) is 13. The molecule has 18 nitrogen and oxygen atoms in total. The van der Waals surface area contributed by atoms with E-state index in [1.807, 2.05) is 39.8 Å². The first-order valence-electron chi connectivity index (χ1n) is 23.6. The summed E-state index contributed by atoms with van der Waals surface area (Å²) in [5, 5.41) is 38.8. The lowest BCUT2D eigenvalue weighted by Crippen LogP contribution is -2.58. The normalized spacial score (nSPS) is 19.1. The Morgan fingerprint density at radius 3 is 2.35 bits per heavy atom. The van der Waals surface area contributed by atoms with Gasteiger partial charge in [-0.25, -0.2) is 29.0 Å². The Hall–Kier alpha value is -7.63. The number of carbonyl (C=O) groups is 3. The van der Waals surface area contributed by atoms with Gasteiger partial charge in [0.2, 0.25) is 11.5 Å². The minimum Gasteiger partial charge on any atom is -0.508 e. The minimum absolute atomic E-state index is 0.0116. The summed E-state index contributed by atoms with van der Waals surface area (Å²) in [6, 6.07) is 16.6. The number of carbonyl (C=O) groups excluding carboxylic acids is 3. The maximum absolute atomic E-state index is 14.2. The van der Waals surface area contributed by atoms with E-state index in [-0.39, 0.29) is 96.7 Å². The van der Waals surface area contributed by atoms with Crippen LogP contribution < -0.4 is 16.1 Å². The fourth-order valence-corrected chi connectivity index (χ4v) is 10.8. The number of hydrogen-bond donors (Lipinski definition) is 4. The van der Waals surface area contributed by atoms with E-state index in [0.29, 0.717) is 66.1 Å². The monoisotopic (exact) mass is 938 g/mol. The standard InChI is InChI=1S/C51H54N8O10/c1-6-33-35-20-32(60)12-13-40(35)52-44-37(33)25-58-41(44)22-39-38(47(58)64)26-68-48(65)51(39,7-2)69-50(67)57-19-18-56(24-28(57)5)46(63)29-14-16-55(17-15-29)30-8-10-31(11-9-30)59-45(53-54-49(59)66)36-21-34(27(3)4)42(61)23-43(36)62/h8-13,20-23,27-29,60-62H,6-7,14-19,24-26H2,1-5H3,(H,54,66). The van der Waals surface area contributed by atoms with E-state index < -0.39 is 29.4 Å². The van der Waals surface area contributed by atoms with Gasteiger partial charge in [-0.1, -0.05) is 27.7 Å². The molecule has 0 saturated carbocycles. The lowest BCUT2D eigenvalue weighted by atomic mass is 9.85. The van der Waals surface area contributed by atoms with E-state index >= 15 is 0 Å². The first-order valence-corrected chi connectivity index (χ1v) is 23.6. The smallest absolute Gasteiger partial charge is 0.411 e. The highest BCUT2D eigenvalue weighted by molar-refractivity contribution is 5.91. The Morgan fingerprint density at radius 1 is 0.913 bits per heavy atom. The van der Waals surface area contributed by atoms with Crippen molar-refractivity contribution in [2.24, 2.45) is 5.92 Å². The highest BCUT2D eigenvalue weighted by Gasteiger charge is 2.52. The van der Waals surface area contributed by atoms with Crippen molar-refractivity contribution < 1.29 is 39.2 Å². The van der Waals surface area contributed by atoms with Crippen LogP contribution in [0.2, 0.25) is 0 Å². The molecular weight excluding hydrogens is 885 g/mol. The van der Waals surface area contributed by atoms with Gasteiger partial charge in [-0.2, -0.15) is 5.10 Å². The molecule has 4 N–H and O–H groups in total. The summed E-state index contributed by atoms with van der Waals surface area (Å²) in [5.41, 5.74) is 3.75. The van der Waals surface area contributed by atoms with Crippen molar-refractivity contribution in [1.29, 1.82) is 0 Å². The number of aromatic nitrogens is 5. The molecular formula is C51H54N8O10. The van der Waals surface area contributed by atoms with Crippen molar-refractivity contribution >= 4 is 34.6 Å². The second kappa shape index (κ2) is 17.2. The zero-order chi connectivity index (χ0) is 48.6. The third-order valence-corrected chi connectivity index (χ3v) is 14.5. The zero-order valence-corrected chi connectivity index (χ0v) is 39.1. The topological polar surface area (TPSA) is 226 Å². The molecule has 358 valence electrons. The number of aromatic amines is 1. The maximum Gasteiger partial charge on any atom is 0.411 e. The Bertz CT molecular complexity index is 3200. The first-order chi connectivity index (χ1) is 33.1. The van der Waals surface area contributed by atoms with E-state index in [1.165, 1.54) is 15.5 Å². The van der Waals surface area contributed by atoms with E-state index in [4.69, 9.17) is 14.5 Å². The number of esters is 1. The number of piperazine rings is 1. The van der Waals surface area contributed by atoms with Gasteiger partial charge in [0.15, 0.2) is 5.82 Å². The van der Waals surface area contributed by atoms with Crippen LogP contribution in [0.25, 0.3) is 39.4 Å². The number of aryl methyl sites for hydroxylation is 1. The van der Waals surface area contributed by atoms with Crippen molar-refractivity contribution in [3.8, 4) is 45.7 Å². The quantitative estimate of drug-likeness (QED) is 0.128. The number of H-pyrrole nitrogens is 1. The summed E-state index contributed by atoms with van der Waals surface area (Å²) < 4.78 is 14.8. The molecule has 18 heteroatoms. The van der Waals surface area contributed by atoms with E-state index in [1.54, 1.807) is 58.9 Å². The molecule has 0 bridgehead atoms. The molecule has 4 aliphatic rings. The van der Waals surface area contributed by atoms with Gasteiger partial charge in [0, 0.05) is 73.0 Å². The molecule has 0 aliphatic carbocycles. The fourth-order valence-electron chi connectivity index (χ4n) is 10.8. The Labute approximate surface area is 396 Å². The number of nitrogens with zero attached hydrogens (tertiary/aromatic N) is 7. The number of phenols is 3. The van der Waals surface area contributed by atoms with Gasteiger partial charge in [-0.05, 0) is 104 Å². The molecule has 10 rings (SSSR count). The molecule has 2 amide bonds. The third kappa shape index (κ3) is 7.43. The van der Waals surface area contributed by atoms with Crippen molar-refractivity contribution in [3.63, 3.8) is 0 Å².